The molecule has 0 aromatic heterocycles. The summed E-state index contributed by atoms with van der Waals surface area (Å²) in [5, 5.41) is 20.8. The zero-order chi connectivity index (χ0) is 86.8. The van der Waals surface area contributed by atoms with Gasteiger partial charge in [-0.3, -0.25) is 0 Å². The van der Waals surface area contributed by atoms with Crippen molar-refractivity contribution in [2.45, 2.75) is 135 Å². The average Bonchev–Trinajstić information content (AvgIpc) is 1.64. The molecule has 0 amide bonds. The zero-order valence-electron chi connectivity index (χ0n) is 75.2. The Kier molecular flexibility index (Phi) is 17.2. The van der Waals surface area contributed by atoms with Crippen molar-refractivity contribution in [3.8, 4) is 0 Å². The first-order valence-electron chi connectivity index (χ1n) is 49.4. The van der Waals surface area contributed by atoms with Crippen molar-refractivity contribution in [3.05, 3.63) is 446 Å². The van der Waals surface area contributed by atoms with E-state index >= 15 is 0 Å². The van der Waals surface area contributed by atoms with Crippen molar-refractivity contribution < 1.29 is 0 Å². The van der Waals surface area contributed by atoms with Gasteiger partial charge in [-0.05, 0) is 468 Å². The van der Waals surface area contributed by atoms with Crippen LogP contribution in [0.3, 0.4) is 0 Å². The molecule has 35 rings (SSSR count). The first-order valence-corrected chi connectivity index (χ1v) is 49.4. The summed E-state index contributed by atoms with van der Waals surface area (Å²) in [4.78, 5) is 0. The second-order valence-corrected chi connectivity index (χ2v) is 39.7. The zero-order valence-corrected chi connectivity index (χ0v) is 75.2. The minimum atomic E-state index is 1.09. The van der Waals surface area contributed by atoms with Crippen LogP contribution in [-0.4, -0.2) is 0 Å². The molecule has 0 aliphatic heterocycles. The van der Waals surface area contributed by atoms with Crippen LogP contribution in [0.15, 0.2) is 213 Å². The normalized spacial score (nSPS) is 17.3. The highest BCUT2D eigenvalue weighted by molar-refractivity contribution is 6.12. The van der Waals surface area contributed by atoms with Crippen molar-refractivity contribution in [2.24, 2.45) is 0 Å². The van der Waals surface area contributed by atoms with Gasteiger partial charge in [-0.2, -0.15) is 0 Å². The summed E-state index contributed by atoms with van der Waals surface area (Å²) in [6.45, 7) is 0. The summed E-state index contributed by atoms with van der Waals surface area (Å²) >= 11 is 0. The summed E-state index contributed by atoms with van der Waals surface area (Å²) in [6, 6.07) is 32.9. The number of hydrogen-bond acceptors (Lipinski definition) is 0. The van der Waals surface area contributed by atoms with Gasteiger partial charge in [-0.1, -0.05) is 316 Å². The highest BCUT2D eigenvalue weighted by Gasteiger charge is 2.33. The van der Waals surface area contributed by atoms with E-state index < -0.39 is 0 Å². The van der Waals surface area contributed by atoms with Crippen LogP contribution in [0.5, 0.6) is 0 Å². The first kappa shape index (κ1) is 76.2. The van der Waals surface area contributed by atoms with Crippen LogP contribution in [0.4, 0.5) is 0 Å². The van der Waals surface area contributed by atoms with Crippen LogP contribution in [0.1, 0.15) is 234 Å². The summed E-state index contributed by atoms with van der Waals surface area (Å²) in [7, 11) is 0. The minimum absolute atomic E-state index is 1.09. The lowest BCUT2D eigenvalue weighted by Crippen LogP contribution is -1.98. The highest BCUT2D eigenvalue weighted by atomic mass is 14.4. The lowest BCUT2D eigenvalue weighted by Gasteiger charge is -2.16. The van der Waals surface area contributed by atoms with Crippen LogP contribution in [0.25, 0.3) is 203 Å². The fourth-order valence-electron chi connectivity index (χ4n) is 27.3. The van der Waals surface area contributed by atoms with E-state index in [0.29, 0.717) is 0 Å². The lowest BCUT2D eigenvalue weighted by molar-refractivity contribution is 1.19. The van der Waals surface area contributed by atoms with Crippen LogP contribution < -0.4 is 0 Å². The molecule has 21 aliphatic rings. The third kappa shape index (κ3) is 11.5. The Morgan fingerprint density at radius 3 is 0.842 bits per heavy atom. The summed E-state index contributed by atoms with van der Waals surface area (Å²) < 4.78 is 0. The quantitative estimate of drug-likeness (QED) is 0.142. The van der Waals surface area contributed by atoms with Gasteiger partial charge in [-0.15, -0.1) is 0 Å². The topological polar surface area (TPSA) is 0 Å². The van der Waals surface area contributed by atoms with E-state index in [1.807, 2.05) is 0 Å². The Balaban J connectivity index is 0.0000000758. The number of benzene rings is 14. The van der Waals surface area contributed by atoms with Gasteiger partial charge < -0.3 is 0 Å². The molecule has 0 saturated carbocycles. The molecule has 14 aromatic carbocycles. The van der Waals surface area contributed by atoms with Crippen LogP contribution in [0.2, 0.25) is 0 Å². The molecule has 0 unspecified atom stereocenters. The number of fused-ring (bicyclic) bond motifs is 54. The third-order valence-corrected chi connectivity index (χ3v) is 33.2. The molecule has 133 heavy (non-hydrogen) atoms. The first-order chi connectivity index (χ1) is 66.0. The van der Waals surface area contributed by atoms with E-state index in [1.165, 1.54) is 242 Å². The van der Waals surface area contributed by atoms with E-state index in [2.05, 4.69) is 340 Å². The van der Waals surface area contributed by atoms with Gasteiger partial charge in [0.25, 0.3) is 0 Å². The second-order valence-electron chi connectivity index (χ2n) is 39.7. The fraction of sp³-hybridized carbons (Fsp3) is 0.158. The van der Waals surface area contributed by atoms with E-state index in [4.69, 9.17) is 0 Å². The second kappa shape index (κ2) is 30.0. The Bertz CT molecular complexity index is 8570. The van der Waals surface area contributed by atoms with E-state index in [0.717, 1.165) is 135 Å². The number of allylic oxidation sites excluding steroid dienone is 21. The highest BCUT2D eigenvalue weighted by Crippen LogP contribution is 2.52. The van der Waals surface area contributed by atoms with E-state index in [-0.39, 0.29) is 0 Å². The van der Waals surface area contributed by atoms with Crippen molar-refractivity contribution >= 4 is 203 Å². The van der Waals surface area contributed by atoms with Gasteiger partial charge in [0.2, 0.25) is 0 Å². The molecular formula is C133H98. The molecule has 0 fully saturated rings. The van der Waals surface area contributed by atoms with Gasteiger partial charge in [0.15, 0.2) is 0 Å². The third-order valence-electron chi connectivity index (χ3n) is 33.2. The van der Waals surface area contributed by atoms with Crippen LogP contribution in [0, 0.1) is 0 Å². The Morgan fingerprint density at radius 2 is 0.338 bits per heavy atom. The molecule has 0 radical (unpaired) electrons. The van der Waals surface area contributed by atoms with Crippen LogP contribution >= 0.6 is 0 Å². The monoisotopic (exact) mass is 1690 g/mol. The molecule has 0 saturated heterocycles. The van der Waals surface area contributed by atoms with Gasteiger partial charge in [-0.25, -0.2) is 0 Å². The molecule has 21 aliphatic carbocycles. The average molecular weight is 1700 g/mol. The van der Waals surface area contributed by atoms with Gasteiger partial charge >= 0.3 is 0 Å². The molecule has 0 nitrogen and oxygen atoms in total. The van der Waals surface area contributed by atoms with E-state index in [1.54, 1.807) is 66.6 Å². The van der Waals surface area contributed by atoms with Gasteiger partial charge in [0, 0.05) is 0 Å². The number of rotatable bonds is 0. The maximum Gasteiger partial charge on any atom is -0.00271 e. The lowest BCUT2D eigenvalue weighted by atomic mass is 9.87. The van der Waals surface area contributed by atoms with Crippen molar-refractivity contribution in [3.63, 3.8) is 0 Å². The fourth-order valence-corrected chi connectivity index (χ4v) is 27.3. The predicted molar refractivity (Wildman–Crippen MR) is 575 cm³/mol. The number of hydrogen-bond donors (Lipinski definition) is 0. The molecular weight excluding hydrogens is 1600 g/mol. The molecule has 0 heterocycles. The predicted octanol–water partition coefficient (Wildman–Crippen LogP) is 31.8. The van der Waals surface area contributed by atoms with Gasteiger partial charge in [0.1, 0.15) is 0 Å². The SMILES string of the molecule is C1=Cc2c(c3c(c4c5c(ccc24)C=CC5)C=CC3)C1.C1=Cc2c(c3c(c4c5c(ccc24)C=CC5)CC=C3)C1.C1=Cc2c(ccc3c4c(c5c(c23)C=CC5)CC=C4)C1.C1=Cc2c(ccc3c4c(c5c(c23)CC=C5)C=CC4)C1.C1=Cc2c3c(c4c5c(ccc4c2C1)C=CC5)CC=C3.C1=Cc2cc3c4c(c5c(c3cc2C1)CC=C5)C=CC4.C1=Cc2cc3c4c(c5c(c3cc2C1)CC=C5)CC=C4. The molecule has 14 aromatic rings. The Morgan fingerprint density at radius 1 is 0.105 bits per heavy atom. The maximum absolute atomic E-state index is 2.44. The molecule has 0 bridgehead atoms. The van der Waals surface area contributed by atoms with Crippen molar-refractivity contribution in [1.82, 2.24) is 0 Å². The van der Waals surface area contributed by atoms with Crippen molar-refractivity contribution in [1.29, 1.82) is 0 Å². The van der Waals surface area contributed by atoms with E-state index in [9.17, 15) is 0 Å². The molecule has 0 spiro atoms. The molecule has 0 heteroatoms. The summed E-state index contributed by atoms with van der Waals surface area (Å²) in [5.74, 6) is 0. The summed E-state index contributed by atoms with van der Waals surface area (Å²) in [6.07, 6.45) is 120. The van der Waals surface area contributed by atoms with Crippen molar-refractivity contribution in [2.75, 3.05) is 0 Å². The maximum atomic E-state index is 2.44. The largest absolute Gasteiger partial charge is 0.0795 e. The minimum Gasteiger partial charge on any atom is -0.0795 e. The summed E-state index contributed by atoms with van der Waals surface area (Å²) in [5.41, 5.74) is 63.1. The smallest absolute Gasteiger partial charge is 0.00271 e. The molecule has 0 atom stereocenters. The molecule has 630 valence electrons. The van der Waals surface area contributed by atoms with Crippen LogP contribution in [-0.2, 0) is 135 Å². The molecule has 0 N–H and O–H groups in total. The standard InChI is InChI=1S/7C19H14/c2*1-4-12-10-18-16-8-2-6-14(16)15-7-3-9-17(15)19(18)11-13(12)5-1;5*1-4-12-10-11-18-16-7-2-6-14(16)15-8-3-9-17(15)19(18)13(12)5-1/h1-4,7-8,10-11H,5-6,9H2;1-4,6-7,10-11H,5,8-9H2;1-3,5,7,9-11H,4,6,8H2;1-3,5-6,8,10-11H,4,7,9H2;1-4,7,9-11H,5-6,8H2;1-4,7-8,10-11H,5-6,9H2;1-4,6,8,10-11H,5,7,9H2. The Labute approximate surface area is 778 Å². The van der Waals surface area contributed by atoms with Gasteiger partial charge in [0.05, 0.1) is 0 Å². The Hall–Kier alpha value is -14.6.